The van der Waals surface area contributed by atoms with Crippen molar-refractivity contribution in [3.63, 3.8) is 0 Å². The van der Waals surface area contributed by atoms with E-state index < -0.39 is 0 Å². The third kappa shape index (κ3) is 4.12. The molecule has 4 heteroatoms. The molecule has 4 nitrogen and oxygen atoms in total. The van der Waals surface area contributed by atoms with E-state index in [2.05, 4.69) is 13.8 Å². The van der Waals surface area contributed by atoms with Crippen molar-refractivity contribution in [3.05, 3.63) is 23.8 Å². The van der Waals surface area contributed by atoms with Gasteiger partial charge in [-0.05, 0) is 37.5 Å². The van der Waals surface area contributed by atoms with Crippen LogP contribution in [0.25, 0.3) is 0 Å². The van der Waals surface area contributed by atoms with E-state index in [1.807, 2.05) is 32.0 Å². The molecule has 0 aliphatic rings. The number of nitrogens with two attached hydrogens (primary N) is 1. The van der Waals surface area contributed by atoms with Gasteiger partial charge in [-0.25, -0.2) is 0 Å². The van der Waals surface area contributed by atoms with E-state index in [4.69, 9.17) is 19.9 Å². The monoisotopic (exact) mass is 281 g/mol. The van der Waals surface area contributed by atoms with Crippen LogP contribution in [0.5, 0.6) is 11.5 Å². The van der Waals surface area contributed by atoms with Gasteiger partial charge in [-0.15, -0.1) is 0 Å². The molecule has 0 bridgehead atoms. The number of hydrogen-bond acceptors (Lipinski definition) is 4. The minimum absolute atomic E-state index is 0.0255. The molecule has 0 aromatic heterocycles. The summed E-state index contributed by atoms with van der Waals surface area (Å²) in [6, 6.07) is 5.66. The van der Waals surface area contributed by atoms with Crippen LogP contribution < -0.4 is 15.2 Å². The molecular formula is C16H27NO3. The van der Waals surface area contributed by atoms with Crippen molar-refractivity contribution in [1.82, 2.24) is 0 Å². The highest BCUT2D eigenvalue weighted by Crippen LogP contribution is 2.32. The van der Waals surface area contributed by atoms with E-state index in [1.54, 1.807) is 7.11 Å². The van der Waals surface area contributed by atoms with Gasteiger partial charge < -0.3 is 19.9 Å². The zero-order chi connectivity index (χ0) is 15.1. The summed E-state index contributed by atoms with van der Waals surface area (Å²) in [7, 11) is 1.70. The van der Waals surface area contributed by atoms with Gasteiger partial charge in [0.05, 0.1) is 25.4 Å². The molecule has 0 aliphatic heterocycles. The summed E-state index contributed by atoms with van der Waals surface area (Å²) in [6.45, 7) is 9.32. The summed E-state index contributed by atoms with van der Waals surface area (Å²) in [5, 5.41) is 0. The number of ether oxygens (including phenoxy) is 3. The summed E-state index contributed by atoms with van der Waals surface area (Å²) in [6.07, 6.45) is -0.0255. The number of hydrogen-bond donors (Lipinski definition) is 1. The van der Waals surface area contributed by atoms with Gasteiger partial charge in [0, 0.05) is 7.11 Å². The highest BCUT2D eigenvalue weighted by Gasteiger charge is 2.23. The van der Waals surface area contributed by atoms with Gasteiger partial charge in [-0.1, -0.05) is 19.9 Å². The standard InChI is InChI=1S/C16H27NO3/c1-6-19-13-9-8-12(10-14(13)20-7-2)15(17)16(18-5)11(3)4/h8-11,15-16H,6-7,17H2,1-5H3. The van der Waals surface area contributed by atoms with Crippen LogP contribution in [-0.2, 0) is 4.74 Å². The van der Waals surface area contributed by atoms with E-state index in [-0.39, 0.29) is 12.1 Å². The first-order valence-electron chi connectivity index (χ1n) is 7.23. The minimum Gasteiger partial charge on any atom is -0.490 e. The van der Waals surface area contributed by atoms with E-state index in [1.165, 1.54) is 0 Å². The smallest absolute Gasteiger partial charge is 0.161 e. The lowest BCUT2D eigenvalue weighted by atomic mass is 9.94. The maximum atomic E-state index is 6.32. The van der Waals surface area contributed by atoms with E-state index in [9.17, 15) is 0 Å². The Balaban J connectivity index is 3.03. The van der Waals surface area contributed by atoms with Crippen LogP contribution in [0.4, 0.5) is 0 Å². The van der Waals surface area contributed by atoms with Crippen molar-refractivity contribution in [3.8, 4) is 11.5 Å². The SMILES string of the molecule is CCOc1ccc(C(N)C(OC)C(C)C)cc1OCC. The maximum absolute atomic E-state index is 6.32. The quantitative estimate of drug-likeness (QED) is 0.795. The van der Waals surface area contributed by atoms with Crippen LogP contribution in [0.15, 0.2) is 18.2 Å². The molecular weight excluding hydrogens is 254 g/mol. The largest absolute Gasteiger partial charge is 0.490 e. The van der Waals surface area contributed by atoms with Gasteiger partial charge in [-0.2, -0.15) is 0 Å². The van der Waals surface area contributed by atoms with Crippen molar-refractivity contribution in [2.75, 3.05) is 20.3 Å². The predicted molar refractivity (Wildman–Crippen MR) is 81.3 cm³/mol. The minimum atomic E-state index is -0.185. The van der Waals surface area contributed by atoms with Gasteiger partial charge in [0.15, 0.2) is 11.5 Å². The summed E-state index contributed by atoms with van der Waals surface area (Å²) in [5.41, 5.74) is 7.32. The maximum Gasteiger partial charge on any atom is 0.161 e. The summed E-state index contributed by atoms with van der Waals surface area (Å²) in [5.74, 6) is 1.84. The average molecular weight is 281 g/mol. The lowest BCUT2D eigenvalue weighted by Gasteiger charge is -2.26. The highest BCUT2D eigenvalue weighted by molar-refractivity contribution is 5.44. The van der Waals surface area contributed by atoms with Crippen molar-refractivity contribution < 1.29 is 14.2 Å². The average Bonchev–Trinajstić information content (AvgIpc) is 2.41. The van der Waals surface area contributed by atoms with Crippen LogP contribution >= 0.6 is 0 Å². The van der Waals surface area contributed by atoms with Crippen LogP contribution in [0.2, 0.25) is 0 Å². The Morgan fingerprint density at radius 3 is 2.15 bits per heavy atom. The van der Waals surface area contributed by atoms with Crippen molar-refractivity contribution in [2.45, 2.75) is 39.8 Å². The molecule has 1 aromatic rings. The molecule has 2 atom stereocenters. The molecule has 2 unspecified atom stereocenters. The summed E-state index contributed by atoms with van der Waals surface area (Å²) >= 11 is 0. The van der Waals surface area contributed by atoms with Gasteiger partial charge >= 0.3 is 0 Å². The van der Waals surface area contributed by atoms with Crippen LogP contribution in [0.3, 0.4) is 0 Å². The van der Waals surface area contributed by atoms with Crippen LogP contribution in [0.1, 0.15) is 39.3 Å². The molecule has 0 fully saturated rings. The highest BCUT2D eigenvalue weighted by atomic mass is 16.5. The molecule has 0 spiro atoms. The lowest BCUT2D eigenvalue weighted by Crippen LogP contribution is -2.32. The second-order valence-corrected chi connectivity index (χ2v) is 5.04. The molecule has 1 rings (SSSR count). The fourth-order valence-corrected chi connectivity index (χ4v) is 2.30. The first-order valence-corrected chi connectivity index (χ1v) is 7.23. The first-order chi connectivity index (χ1) is 9.54. The van der Waals surface area contributed by atoms with Gasteiger partial charge in [-0.3, -0.25) is 0 Å². The van der Waals surface area contributed by atoms with Crippen LogP contribution in [-0.4, -0.2) is 26.4 Å². The zero-order valence-corrected chi connectivity index (χ0v) is 13.2. The summed E-state index contributed by atoms with van der Waals surface area (Å²) in [4.78, 5) is 0. The van der Waals surface area contributed by atoms with Crippen molar-refractivity contribution >= 4 is 0 Å². The Kier molecular flexibility index (Phi) is 6.82. The first kappa shape index (κ1) is 16.8. The van der Waals surface area contributed by atoms with E-state index >= 15 is 0 Å². The normalized spacial score (nSPS) is 14.2. The van der Waals surface area contributed by atoms with E-state index in [0.29, 0.717) is 19.1 Å². The Labute approximate surface area is 122 Å². The molecule has 0 heterocycles. The molecule has 114 valence electrons. The fraction of sp³-hybridized carbons (Fsp3) is 0.625. The third-order valence-electron chi connectivity index (χ3n) is 3.24. The molecule has 1 aromatic carbocycles. The number of rotatable bonds is 8. The molecule has 0 radical (unpaired) electrons. The molecule has 0 amide bonds. The van der Waals surface area contributed by atoms with Crippen LogP contribution in [0, 0.1) is 5.92 Å². The zero-order valence-electron chi connectivity index (χ0n) is 13.2. The van der Waals surface area contributed by atoms with Crippen molar-refractivity contribution in [1.29, 1.82) is 0 Å². The second-order valence-electron chi connectivity index (χ2n) is 5.04. The Hall–Kier alpha value is -1.26. The molecule has 2 N–H and O–H groups in total. The van der Waals surface area contributed by atoms with E-state index in [0.717, 1.165) is 17.1 Å². The third-order valence-corrected chi connectivity index (χ3v) is 3.24. The second kappa shape index (κ2) is 8.12. The molecule has 0 saturated carbocycles. The Bertz CT molecular complexity index is 407. The van der Waals surface area contributed by atoms with Gasteiger partial charge in [0.1, 0.15) is 0 Å². The lowest BCUT2D eigenvalue weighted by molar-refractivity contribution is 0.0436. The van der Waals surface area contributed by atoms with Gasteiger partial charge in [0.2, 0.25) is 0 Å². The Morgan fingerprint density at radius 2 is 1.65 bits per heavy atom. The number of benzene rings is 1. The topological polar surface area (TPSA) is 53.7 Å². The molecule has 20 heavy (non-hydrogen) atoms. The Morgan fingerprint density at radius 1 is 1.05 bits per heavy atom. The van der Waals surface area contributed by atoms with Crippen molar-refractivity contribution in [2.24, 2.45) is 11.7 Å². The fourth-order valence-electron chi connectivity index (χ4n) is 2.30. The molecule has 0 aliphatic carbocycles. The summed E-state index contributed by atoms with van der Waals surface area (Å²) < 4.78 is 16.7. The number of methoxy groups -OCH3 is 1. The predicted octanol–water partition coefficient (Wildman–Crippen LogP) is 3.15. The molecule has 0 saturated heterocycles. The van der Waals surface area contributed by atoms with Gasteiger partial charge in [0.25, 0.3) is 0 Å².